The number of nitrogens with two attached hydrogens (primary N) is 1. The van der Waals surface area contributed by atoms with Crippen LogP contribution in [0.2, 0.25) is 0 Å². The zero-order valence-corrected chi connectivity index (χ0v) is 17.8. The Morgan fingerprint density at radius 2 is 1.10 bits per heavy atom. The molecule has 29 heavy (non-hydrogen) atoms. The van der Waals surface area contributed by atoms with E-state index in [0.717, 1.165) is 19.3 Å². The van der Waals surface area contributed by atoms with Gasteiger partial charge in [-0.1, -0.05) is 117 Å². The predicted molar refractivity (Wildman–Crippen MR) is 125 cm³/mol. The molecule has 0 amide bonds. The van der Waals surface area contributed by atoms with Crippen molar-refractivity contribution < 1.29 is 0 Å². The summed E-state index contributed by atoms with van der Waals surface area (Å²) in [7, 11) is 0. The molecule has 0 aliphatic rings. The highest BCUT2D eigenvalue weighted by Gasteiger charge is 2.35. The van der Waals surface area contributed by atoms with E-state index in [2.05, 4.69) is 97.9 Å². The topological polar surface area (TPSA) is 26.0 Å². The summed E-state index contributed by atoms with van der Waals surface area (Å²) in [6.45, 7) is 2.27. The number of benzene rings is 3. The molecule has 0 aromatic heterocycles. The van der Waals surface area contributed by atoms with Gasteiger partial charge in [-0.25, -0.2) is 0 Å². The number of hydrogen-bond acceptors (Lipinski definition) is 1. The second kappa shape index (κ2) is 11.0. The van der Waals surface area contributed by atoms with Gasteiger partial charge in [-0.3, -0.25) is 0 Å². The number of unbranched alkanes of at least 4 members (excludes halogenated alkanes) is 2. The van der Waals surface area contributed by atoms with Gasteiger partial charge < -0.3 is 5.73 Å². The first-order chi connectivity index (χ1) is 14.2. The first-order valence-electron chi connectivity index (χ1n) is 11.1. The predicted octanol–water partition coefficient (Wildman–Crippen LogP) is 6.61. The third kappa shape index (κ3) is 6.58. The molecule has 0 aliphatic heterocycles. The van der Waals surface area contributed by atoms with Crippen molar-refractivity contribution in [3.63, 3.8) is 0 Å². The second-order valence-electron chi connectivity index (χ2n) is 8.44. The molecule has 0 fully saturated rings. The van der Waals surface area contributed by atoms with Crippen molar-refractivity contribution in [3.8, 4) is 0 Å². The Morgan fingerprint density at radius 3 is 1.55 bits per heavy atom. The third-order valence-electron chi connectivity index (χ3n) is 6.05. The lowest BCUT2D eigenvalue weighted by molar-refractivity contribution is 0.241. The summed E-state index contributed by atoms with van der Waals surface area (Å²) in [5.41, 5.74) is 11.1. The smallest absolute Gasteiger partial charge is 0.0267 e. The van der Waals surface area contributed by atoms with E-state index in [1.54, 1.807) is 0 Å². The van der Waals surface area contributed by atoms with Crippen molar-refractivity contribution in [1.29, 1.82) is 0 Å². The number of rotatable bonds is 11. The Labute approximate surface area is 177 Å². The monoisotopic (exact) mass is 385 g/mol. The second-order valence-corrected chi connectivity index (χ2v) is 8.44. The molecule has 3 aromatic carbocycles. The maximum atomic E-state index is 7.34. The fraction of sp³-hybridized carbons (Fsp3) is 0.357. The van der Waals surface area contributed by atoms with Gasteiger partial charge in [0.05, 0.1) is 0 Å². The van der Waals surface area contributed by atoms with E-state index in [4.69, 9.17) is 5.73 Å². The van der Waals surface area contributed by atoms with Crippen LogP contribution in [0, 0.1) is 5.92 Å². The molecular weight excluding hydrogens is 350 g/mol. The van der Waals surface area contributed by atoms with Crippen molar-refractivity contribution in [3.05, 3.63) is 108 Å². The van der Waals surface area contributed by atoms with Crippen LogP contribution in [0.4, 0.5) is 0 Å². The van der Waals surface area contributed by atoms with E-state index in [9.17, 15) is 0 Å². The zero-order chi connectivity index (χ0) is 20.4. The van der Waals surface area contributed by atoms with Gasteiger partial charge in [-0.05, 0) is 48.3 Å². The maximum absolute atomic E-state index is 7.34. The molecule has 0 saturated carbocycles. The van der Waals surface area contributed by atoms with E-state index in [0.29, 0.717) is 5.92 Å². The van der Waals surface area contributed by atoms with Gasteiger partial charge >= 0.3 is 0 Å². The van der Waals surface area contributed by atoms with E-state index in [1.165, 1.54) is 42.4 Å². The summed E-state index contributed by atoms with van der Waals surface area (Å²) in [6, 6.07) is 32.4. The van der Waals surface area contributed by atoms with Gasteiger partial charge in [0.1, 0.15) is 0 Å². The average molecular weight is 386 g/mol. The quantitative estimate of drug-likeness (QED) is 0.369. The van der Waals surface area contributed by atoms with Gasteiger partial charge in [-0.15, -0.1) is 0 Å². The molecule has 0 heterocycles. The van der Waals surface area contributed by atoms with E-state index in [-0.39, 0.29) is 5.54 Å². The zero-order valence-electron chi connectivity index (χ0n) is 17.8. The van der Waals surface area contributed by atoms with Crippen LogP contribution in [-0.2, 0) is 19.3 Å². The lowest BCUT2D eigenvalue weighted by Crippen LogP contribution is -2.52. The molecular formula is C28H35N. The van der Waals surface area contributed by atoms with Crippen LogP contribution in [0.5, 0.6) is 0 Å². The molecule has 3 aromatic rings. The molecule has 1 heteroatoms. The molecule has 0 aliphatic carbocycles. The van der Waals surface area contributed by atoms with Crippen LogP contribution in [0.3, 0.4) is 0 Å². The fourth-order valence-electron chi connectivity index (χ4n) is 4.44. The highest BCUT2D eigenvalue weighted by molar-refractivity contribution is 5.25. The van der Waals surface area contributed by atoms with Gasteiger partial charge in [0.2, 0.25) is 0 Å². The Bertz CT molecular complexity index is 769. The lowest BCUT2D eigenvalue weighted by atomic mass is 9.71. The molecule has 1 atom stereocenters. The van der Waals surface area contributed by atoms with Crippen LogP contribution in [-0.4, -0.2) is 5.54 Å². The molecule has 0 spiro atoms. The molecule has 0 saturated heterocycles. The van der Waals surface area contributed by atoms with Crippen LogP contribution in [0.25, 0.3) is 0 Å². The Morgan fingerprint density at radius 1 is 0.655 bits per heavy atom. The van der Waals surface area contributed by atoms with Crippen molar-refractivity contribution in [2.45, 2.75) is 57.4 Å². The Hall–Kier alpha value is -2.38. The summed E-state index contributed by atoms with van der Waals surface area (Å²) in [5, 5.41) is 0. The highest BCUT2D eigenvalue weighted by atomic mass is 14.8. The van der Waals surface area contributed by atoms with Gasteiger partial charge in [0.15, 0.2) is 0 Å². The van der Waals surface area contributed by atoms with Crippen LogP contribution in [0.1, 0.15) is 49.3 Å². The van der Waals surface area contributed by atoms with Crippen molar-refractivity contribution >= 4 is 0 Å². The Kier molecular flexibility index (Phi) is 8.07. The van der Waals surface area contributed by atoms with Crippen LogP contribution in [0.15, 0.2) is 91.0 Å². The molecule has 3 rings (SSSR count). The summed E-state index contributed by atoms with van der Waals surface area (Å²) in [5.74, 6) is 0.442. The number of hydrogen-bond donors (Lipinski definition) is 1. The standard InChI is InChI=1S/C28H35N/c1-2-3-7-20-27(21-24-14-8-4-9-15-24)28(29,22-25-16-10-5-11-17-25)23-26-18-12-6-13-19-26/h4-6,8-19,27H,2-3,7,20-23,29H2,1H3. The van der Waals surface area contributed by atoms with Gasteiger partial charge in [0.25, 0.3) is 0 Å². The largest absolute Gasteiger partial charge is 0.324 e. The lowest BCUT2D eigenvalue weighted by Gasteiger charge is -2.39. The minimum Gasteiger partial charge on any atom is -0.324 e. The first-order valence-corrected chi connectivity index (χ1v) is 11.1. The highest BCUT2D eigenvalue weighted by Crippen LogP contribution is 2.32. The normalized spacial score (nSPS) is 12.6. The summed E-state index contributed by atoms with van der Waals surface area (Å²) >= 11 is 0. The fourth-order valence-corrected chi connectivity index (χ4v) is 4.44. The van der Waals surface area contributed by atoms with E-state index >= 15 is 0 Å². The van der Waals surface area contributed by atoms with Crippen LogP contribution < -0.4 is 5.73 Å². The Balaban J connectivity index is 1.90. The molecule has 1 unspecified atom stereocenters. The minimum absolute atomic E-state index is 0.272. The van der Waals surface area contributed by atoms with E-state index in [1.807, 2.05) is 0 Å². The van der Waals surface area contributed by atoms with Gasteiger partial charge in [-0.2, -0.15) is 0 Å². The molecule has 0 radical (unpaired) electrons. The maximum Gasteiger partial charge on any atom is 0.0267 e. The average Bonchev–Trinajstić information content (AvgIpc) is 2.75. The van der Waals surface area contributed by atoms with Gasteiger partial charge in [0, 0.05) is 5.54 Å². The summed E-state index contributed by atoms with van der Waals surface area (Å²) < 4.78 is 0. The summed E-state index contributed by atoms with van der Waals surface area (Å²) in [4.78, 5) is 0. The van der Waals surface area contributed by atoms with E-state index < -0.39 is 0 Å². The molecule has 2 N–H and O–H groups in total. The third-order valence-corrected chi connectivity index (χ3v) is 6.05. The van der Waals surface area contributed by atoms with Crippen molar-refractivity contribution in [2.75, 3.05) is 0 Å². The molecule has 1 nitrogen and oxygen atoms in total. The first kappa shape index (κ1) is 21.3. The van der Waals surface area contributed by atoms with Crippen LogP contribution >= 0.6 is 0 Å². The summed E-state index contributed by atoms with van der Waals surface area (Å²) in [6.07, 6.45) is 7.81. The SMILES string of the molecule is CCCCCC(Cc1ccccc1)C(N)(Cc1ccccc1)Cc1ccccc1. The molecule has 152 valence electrons. The molecule has 0 bridgehead atoms. The minimum atomic E-state index is -0.272. The van der Waals surface area contributed by atoms with Crippen molar-refractivity contribution in [1.82, 2.24) is 0 Å². The van der Waals surface area contributed by atoms with Crippen molar-refractivity contribution in [2.24, 2.45) is 11.7 Å².